The van der Waals surface area contributed by atoms with E-state index in [1.807, 2.05) is 4.90 Å². The third kappa shape index (κ3) is 2.58. The molecule has 114 valence electrons. The molecular weight excluding hydrogens is 282 g/mol. The molecule has 0 radical (unpaired) electrons. The molecule has 1 aliphatic heterocycles. The summed E-state index contributed by atoms with van der Waals surface area (Å²) >= 11 is 0. The van der Waals surface area contributed by atoms with E-state index in [0.29, 0.717) is 29.9 Å². The van der Waals surface area contributed by atoms with Crippen LogP contribution in [0, 0.1) is 5.92 Å². The summed E-state index contributed by atoms with van der Waals surface area (Å²) in [6.07, 6.45) is 8.84. The fourth-order valence-electron chi connectivity index (χ4n) is 2.89. The zero-order valence-electron chi connectivity index (χ0n) is 12.2. The summed E-state index contributed by atoms with van der Waals surface area (Å²) in [7, 11) is 0. The van der Waals surface area contributed by atoms with Gasteiger partial charge in [0, 0.05) is 31.4 Å². The summed E-state index contributed by atoms with van der Waals surface area (Å²) in [4.78, 5) is 26.8. The van der Waals surface area contributed by atoms with Gasteiger partial charge in [0.1, 0.15) is 5.69 Å². The number of carbonyl (C=O) groups is 1. The van der Waals surface area contributed by atoms with Crippen LogP contribution in [0.15, 0.2) is 23.1 Å². The molecular formula is C15H17N5O2. The normalized spacial score (nSPS) is 21.8. The lowest BCUT2D eigenvalue weighted by Crippen LogP contribution is -2.40. The minimum Gasteiger partial charge on any atom is -0.342 e. The molecule has 0 N–H and O–H groups in total. The van der Waals surface area contributed by atoms with Gasteiger partial charge in [0.05, 0.1) is 12.1 Å². The molecule has 2 aliphatic rings. The van der Waals surface area contributed by atoms with E-state index in [1.165, 1.54) is 0 Å². The number of nitrogens with zero attached hydrogens (tertiary/aromatic N) is 5. The number of amides is 1. The Labute approximate surface area is 127 Å². The molecule has 1 amide bonds. The Balaban J connectivity index is 1.49. The quantitative estimate of drug-likeness (QED) is 0.856. The molecule has 0 bridgehead atoms. The monoisotopic (exact) mass is 299 g/mol. The second-order valence-electron chi connectivity index (χ2n) is 5.94. The van der Waals surface area contributed by atoms with Crippen LogP contribution in [0.25, 0.3) is 11.5 Å². The van der Waals surface area contributed by atoms with Crippen molar-refractivity contribution in [3.63, 3.8) is 0 Å². The summed E-state index contributed by atoms with van der Waals surface area (Å²) in [5.74, 6) is 1.71. The molecule has 22 heavy (non-hydrogen) atoms. The Hall–Kier alpha value is -2.31. The van der Waals surface area contributed by atoms with E-state index in [2.05, 4.69) is 20.1 Å². The van der Waals surface area contributed by atoms with Crippen LogP contribution in [0.4, 0.5) is 0 Å². The molecule has 1 aliphatic carbocycles. The van der Waals surface area contributed by atoms with Crippen LogP contribution in [0.3, 0.4) is 0 Å². The average Bonchev–Trinajstić information content (AvgIpc) is 3.31. The van der Waals surface area contributed by atoms with Gasteiger partial charge in [0.15, 0.2) is 0 Å². The van der Waals surface area contributed by atoms with E-state index in [4.69, 9.17) is 4.52 Å². The van der Waals surface area contributed by atoms with Crippen molar-refractivity contribution < 1.29 is 9.32 Å². The highest BCUT2D eigenvalue weighted by molar-refractivity contribution is 5.81. The molecule has 7 heteroatoms. The number of carbonyl (C=O) groups excluding carboxylic acids is 1. The molecule has 4 rings (SSSR count). The fourth-order valence-corrected chi connectivity index (χ4v) is 2.89. The number of aromatic nitrogens is 4. The highest BCUT2D eigenvalue weighted by atomic mass is 16.5. The molecule has 0 aromatic carbocycles. The largest absolute Gasteiger partial charge is 0.342 e. The predicted octanol–water partition coefficient (Wildman–Crippen LogP) is 1.64. The summed E-state index contributed by atoms with van der Waals surface area (Å²) in [5.41, 5.74) is 0.597. The van der Waals surface area contributed by atoms with Crippen molar-refractivity contribution >= 4 is 5.91 Å². The Morgan fingerprint density at radius 3 is 2.95 bits per heavy atom. The van der Waals surface area contributed by atoms with Crippen LogP contribution < -0.4 is 0 Å². The lowest BCUT2D eigenvalue weighted by atomic mass is 9.97. The third-order valence-electron chi connectivity index (χ3n) is 4.24. The van der Waals surface area contributed by atoms with Crippen LogP contribution in [-0.2, 0) is 4.79 Å². The maximum absolute atomic E-state index is 12.2. The average molecular weight is 299 g/mol. The maximum Gasteiger partial charge on any atom is 0.231 e. The Morgan fingerprint density at radius 2 is 2.18 bits per heavy atom. The predicted molar refractivity (Wildman–Crippen MR) is 76.6 cm³/mol. The van der Waals surface area contributed by atoms with Gasteiger partial charge in [-0.2, -0.15) is 4.98 Å². The van der Waals surface area contributed by atoms with Crippen LogP contribution in [0.1, 0.15) is 37.5 Å². The zero-order chi connectivity index (χ0) is 14.9. The van der Waals surface area contributed by atoms with Crippen molar-refractivity contribution in [1.82, 2.24) is 25.0 Å². The molecule has 0 spiro atoms. The highest BCUT2D eigenvalue weighted by Gasteiger charge is 2.36. The second kappa shape index (κ2) is 5.47. The van der Waals surface area contributed by atoms with Crippen molar-refractivity contribution in [2.24, 2.45) is 5.92 Å². The summed E-state index contributed by atoms with van der Waals surface area (Å²) in [5, 5.41) is 3.99. The van der Waals surface area contributed by atoms with Gasteiger partial charge < -0.3 is 9.42 Å². The molecule has 1 unspecified atom stereocenters. The molecule has 1 atom stereocenters. The van der Waals surface area contributed by atoms with Crippen molar-refractivity contribution in [3.8, 4) is 11.5 Å². The van der Waals surface area contributed by atoms with Crippen LogP contribution in [-0.4, -0.2) is 44.0 Å². The summed E-state index contributed by atoms with van der Waals surface area (Å²) in [6.45, 7) is 1.52. The number of rotatable bonds is 3. The highest BCUT2D eigenvalue weighted by Crippen LogP contribution is 2.34. The Kier molecular flexibility index (Phi) is 3.32. The zero-order valence-corrected chi connectivity index (χ0v) is 12.2. The van der Waals surface area contributed by atoms with Gasteiger partial charge in [-0.15, -0.1) is 0 Å². The van der Waals surface area contributed by atoms with Gasteiger partial charge >= 0.3 is 0 Å². The third-order valence-corrected chi connectivity index (χ3v) is 4.24. The molecule has 2 aromatic heterocycles. The van der Waals surface area contributed by atoms with Crippen molar-refractivity contribution in [2.45, 2.75) is 31.6 Å². The molecule has 1 saturated carbocycles. The van der Waals surface area contributed by atoms with E-state index in [1.54, 1.807) is 18.6 Å². The van der Waals surface area contributed by atoms with Crippen LogP contribution in [0.5, 0.6) is 0 Å². The second-order valence-corrected chi connectivity index (χ2v) is 5.94. The Morgan fingerprint density at radius 1 is 1.27 bits per heavy atom. The molecule has 1 saturated heterocycles. The van der Waals surface area contributed by atoms with E-state index in [9.17, 15) is 4.79 Å². The van der Waals surface area contributed by atoms with Crippen molar-refractivity contribution in [1.29, 1.82) is 0 Å². The first-order chi connectivity index (χ1) is 10.8. The number of piperidine rings is 1. The van der Waals surface area contributed by atoms with Gasteiger partial charge in [-0.1, -0.05) is 5.16 Å². The van der Waals surface area contributed by atoms with Crippen LogP contribution in [0.2, 0.25) is 0 Å². The SMILES string of the molecule is O=C(C1CC1)N1CCCC(c2nc(-c3cnccn3)no2)C1. The van der Waals surface area contributed by atoms with Crippen molar-refractivity contribution in [2.75, 3.05) is 13.1 Å². The summed E-state index contributed by atoms with van der Waals surface area (Å²) < 4.78 is 5.40. The van der Waals surface area contributed by atoms with Gasteiger partial charge in [0.2, 0.25) is 17.6 Å². The summed E-state index contributed by atoms with van der Waals surface area (Å²) in [6, 6.07) is 0. The van der Waals surface area contributed by atoms with E-state index in [0.717, 1.165) is 32.2 Å². The van der Waals surface area contributed by atoms with Gasteiger partial charge in [-0.25, -0.2) is 4.98 Å². The lowest BCUT2D eigenvalue weighted by Gasteiger charge is -2.31. The van der Waals surface area contributed by atoms with Crippen molar-refractivity contribution in [3.05, 3.63) is 24.5 Å². The number of likely N-dealkylation sites (tertiary alicyclic amines) is 1. The van der Waals surface area contributed by atoms with E-state index < -0.39 is 0 Å². The maximum atomic E-state index is 12.2. The molecule has 3 heterocycles. The van der Waals surface area contributed by atoms with Gasteiger partial charge in [-0.05, 0) is 25.7 Å². The number of hydrogen-bond donors (Lipinski definition) is 0. The lowest BCUT2D eigenvalue weighted by molar-refractivity contribution is -0.133. The topological polar surface area (TPSA) is 85.0 Å². The van der Waals surface area contributed by atoms with Gasteiger partial charge in [-0.3, -0.25) is 9.78 Å². The smallest absolute Gasteiger partial charge is 0.231 e. The van der Waals surface area contributed by atoms with E-state index in [-0.39, 0.29) is 11.8 Å². The minimum absolute atomic E-state index is 0.120. The number of hydrogen-bond acceptors (Lipinski definition) is 6. The standard InChI is InChI=1S/C15H17N5O2/c21-15(10-3-4-10)20-7-1-2-11(9-20)14-18-13(19-22-14)12-8-16-5-6-17-12/h5-6,8,10-11H,1-4,7,9H2. The van der Waals surface area contributed by atoms with E-state index >= 15 is 0 Å². The minimum atomic E-state index is 0.120. The fraction of sp³-hybridized carbons (Fsp3) is 0.533. The van der Waals surface area contributed by atoms with Gasteiger partial charge in [0.25, 0.3) is 0 Å². The first-order valence-corrected chi connectivity index (χ1v) is 7.70. The van der Waals surface area contributed by atoms with Crippen LogP contribution >= 0.6 is 0 Å². The molecule has 2 aromatic rings. The first kappa shape index (κ1) is 13.4. The first-order valence-electron chi connectivity index (χ1n) is 7.70. The molecule has 7 nitrogen and oxygen atoms in total. The molecule has 2 fully saturated rings. The Bertz CT molecular complexity index is 668.